The van der Waals surface area contributed by atoms with Crippen molar-refractivity contribution in [2.24, 2.45) is 0 Å². The van der Waals surface area contributed by atoms with E-state index in [1.807, 2.05) is 0 Å². The van der Waals surface area contributed by atoms with Gasteiger partial charge in [0.2, 0.25) is 5.88 Å². The molecule has 0 spiro atoms. The van der Waals surface area contributed by atoms with Crippen LogP contribution in [0, 0.1) is 6.92 Å². The number of hydrogen-bond acceptors (Lipinski definition) is 6. The van der Waals surface area contributed by atoms with Crippen LogP contribution in [0.15, 0.2) is 73.3 Å². The molecule has 2 aromatic carbocycles. The van der Waals surface area contributed by atoms with Gasteiger partial charge < -0.3 is 20.1 Å². The first kappa shape index (κ1) is 22.6. The van der Waals surface area contributed by atoms with Crippen LogP contribution in [0.1, 0.15) is 5.82 Å². The van der Waals surface area contributed by atoms with E-state index in [0.717, 1.165) is 12.1 Å². The van der Waals surface area contributed by atoms with Gasteiger partial charge in [0.05, 0.1) is 0 Å². The van der Waals surface area contributed by atoms with Gasteiger partial charge in [-0.1, -0.05) is 0 Å². The monoisotopic (exact) mass is 470 g/mol. The summed E-state index contributed by atoms with van der Waals surface area (Å²) in [5.74, 6) is 1.57. The average Bonchev–Trinajstić information content (AvgIpc) is 3.30. The van der Waals surface area contributed by atoms with Crippen LogP contribution in [-0.2, 0) is 0 Å². The highest BCUT2D eigenvalue weighted by atomic mass is 19.4. The van der Waals surface area contributed by atoms with Crippen molar-refractivity contribution in [3.05, 3.63) is 79.1 Å². The maximum absolute atomic E-state index is 12.2. The summed E-state index contributed by atoms with van der Waals surface area (Å²) in [5.41, 5.74) is 0.764. The van der Waals surface area contributed by atoms with Crippen LogP contribution in [0.5, 0.6) is 17.4 Å². The third kappa shape index (κ3) is 6.22. The first-order valence-electron chi connectivity index (χ1n) is 9.79. The Morgan fingerprint density at radius 3 is 2.12 bits per heavy atom. The summed E-state index contributed by atoms with van der Waals surface area (Å²) in [6.07, 6.45) is 0.220. The standard InChI is InChI=1S/C22H17F3N6O3/c1-14-27-19(31-11-10-26-13-31)12-20(28-14)33-17-6-2-15(3-7-17)29-21(32)30-16-4-8-18(9-5-16)34-22(23,24)25/h2-13H,1H3,(H2,29,30,32). The Bertz CT molecular complexity index is 1260. The number of carbonyl (C=O) groups excluding carboxylic acids is 1. The second kappa shape index (κ2) is 9.48. The molecular formula is C22H17F3N6O3. The lowest BCUT2D eigenvalue weighted by Gasteiger charge is -2.11. The number of ether oxygens (including phenoxy) is 2. The molecule has 0 aliphatic heterocycles. The zero-order chi connectivity index (χ0) is 24.1. The van der Waals surface area contributed by atoms with Crippen molar-refractivity contribution < 1.29 is 27.4 Å². The minimum Gasteiger partial charge on any atom is -0.439 e. The van der Waals surface area contributed by atoms with Crippen molar-refractivity contribution >= 4 is 17.4 Å². The second-order valence-electron chi connectivity index (χ2n) is 6.86. The van der Waals surface area contributed by atoms with E-state index in [1.165, 1.54) is 12.1 Å². The van der Waals surface area contributed by atoms with Crippen molar-refractivity contribution in [2.45, 2.75) is 13.3 Å². The van der Waals surface area contributed by atoms with Gasteiger partial charge in [-0.05, 0) is 55.5 Å². The van der Waals surface area contributed by atoms with Crippen molar-refractivity contribution in [2.75, 3.05) is 10.6 Å². The summed E-state index contributed by atoms with van der Waals surface area (Å²) in [6.45, 7) is 1.75. The van der Waals surface area contributed by atoms with Crippen LogP contribution >= 0.6 is 0 Å². The maximum Gasteiger partial charge on any atom is 0.573 e. The molecule has 0 aliphatic rings. The van der Waals surface area contributed by atoms with E-state index in [1.54, 1.807) is 60.5 Å². The van der Waals surface area contributed by atoms with Crippen LogP contribution < -0.4 is 20.1 Å². The van der Waals surface area contributed by atoms with E-state index >= 15 is 0 Å². The van der Waals surface area contributed by atoms with Gasteiger partial charge in [0.25, 0.3) is 0 Å². The molecule has 0 saturated carbocycles. The lowest BCUT2D eigenvalue weighted by molar-refractivity contribution is -0.274. The molecule has 0 saturated heterocycles. The summed E-state index contributed by atoms with van der Waals surface area (Å²) in [5, 5.41) is 5.14. The smallest absolute Gasteiger partial charge is 0.439 e. The normalized spacial score (nSPS) is 11.1. The van der Waals surface area contributed by atoms with E-state index in [9.17, 15) is 18.0 Å². The van der Waals surface area contributed by atoms with Crippen LogP contribution in [0.3, 0.4) is 0 Å². The molecule has 0 unspecified atom stereocenters. The van der Waals surface area contributed by atoms with E-state index in [0.29, 0.717) is 34.6 Å². The quantitative estimate of drug-likeness (QED) is 0.396. The highest BCUT2D eigenvalue weighted by Crippen LogP contribution is 2.25. The van der Waals surface area contributed by atoms with Gasteiger partial charge in [0, 0.05) is 29.8 Å². The molecule has 2 amide bonds. The summed E-state index contributed by atoms with van der Waals surface area (Å²) in [7, 11) is 0. The number of hydrogen-bond donors (Lipinski definition) is 2. The number of alkyl halides is 3. The van der Waals surface area contributed by atoms with Crippen molar-refractivity contribution in [1.82, 2.24) is 19.5 Å². The summed E-state index contributed by atoms with van der Waals surface area (Å²) in [6, 6.07) is 12.4. The van der Waals surface area contributed by atoms with Crippen LogP contribution in [0.25, 0.3) is 5.82 Å². The summed E-state index contributed by atoms with van der Waals surface area (Å²) >= 11 is 0. The number of imidazole rings is 1. The first-order chi connectivity index (χ1) is 16.2. The molecular weight excluding hydrogens is 453 g/mol. The molecule has 0 aliphatic carbocycles. The highest BCUT2D eigenvalue weighted by Gasteiger charge is 2.30. The number of nitrogens with zero attached hydrogens (tertiary/aromatic N) is 4. The zero-order valence-corrected chi connectivity index (χ0v) is 17.6. The van der Waals surface area contributed by atoms with E-state index in [4.69, 9.17) is 4.74 Å². The molecule has 34 heavy (non-hydrogen) atoms. The molecule has 2 heterocycles. The van der Waals surface area contributed by atoms with Gasteiger partial charge >= 0.3 is 12.4 Å². The summed E-state index contributed by atoms with van der Waals surface area (Å²) < 4.78 is 48.0. The fourth-order valence-electron chi connectivity index (χ4n) is 2.86. The molecule has 174 valence electrons. The SMILES string of the molecule is Cc1nc(Oc2ccc(NC(=O)Nc3ccc(OC(F)(F)F)cc3)cc2)cc(-n2ccnc2)n1. The van der Waals surface area contributed by atoms with Crippen molar-refractivity contribution in [3.8, 4) is 23.2 Å². The molecule has 2 N–H and O–H groups in total. The Hall–Kier alpha value is -4.61. The molecule has 4 rings (SSSR count). The highest BCUT2D eigenvalue weighted by molar-refractivity contribution is 5.99. The van der Waals surface area contributed by atoms with Crippen LogP contribution in [-0.4, -0.2) is 31.9 Å². The van der Waals surface area contributed by atoms with Gasteiger partial charge in [-0.15, -0.1) is 13.2 Å². The molecule has 0 fully saturated rings. The number of anilines is 2. The number of urea groups is 1. The van der Waals surface area contributed by atoms with Crippen molar-refractivity contribution in [1.29, 1.82) is 0 Å². The third-order valence-electron chi connectivity index (χ3n) is 4.25. The third-order valence-corrected chi connectivity index (χ3v) is 4.25. The number of aryl methyl sites for hydroxylation is 1. The topological polar surface area (TPSA) is 103 Å². The molecule has 4 aromatic rings. The van der Waals surface area contributed by atoms with Gasteiger partial charge in [-0.25, -0.2) is 14.8 Å². The minimum absolute atomic E-state index is 0.291. The van der Waals surface area contributed by atoms with Gasteiger partial charge in [0.1, 0.15) is 29.5 Å². The van der Waals surface area contributed by atoms with E-state index in [2.05, 4.69) is 30.3 Å². The van der Waals surface area contributed by atoms with Crippen molar-refractivity contribution in [3.63, 3.8) is 0 Å². The van der Waals surface area contributed by atoms with Gasteiger partial charge in [-0.3, -0.25) is 4.57 Å². The Labute approximate surface area is 191 Å². The summed E-state index contributed by atoms with van der Waals surface area (Å²) in [4.78, 5) is 24.8. The number of nitrogens with one attached hydrogen (secondary N) is 2. The molecule has 0 bridgehead atoms. The molecule has 12 heteroatoms. The number of aromatic nitrogens is 4. The van der Waals surface area contributed by atoms with Crippen LogP contribution in [0.4, 0.5) is 29.3 Å². The first-order valence-corrected chi connectivity index (χ1v) is 9.79. The number of amides is 2. The Morgan fingerprint density at radius 2 is 1.56 bits per heavy atom. The number of rotatable bonds is 6. The Kier molecular flexibility index (Phi) is 6.30. The predicted molar refractivity (Wildman–Crippen MR) is 116 cm³/mol. The molecule has 2 aromatic heterocycles. The Balaban J connectivity index is 1.34. The average molecular weight is 470 g/mol. The van der Waals surface area contributed by atoms with Gasteiger partial charge in [0.15, 0.2) is 0 Å². The molecule has 9 nitrogen and oxygen atoms in total. The molecule has 0 atom stereocenters. The van der Waals surface area contributed by atoms with E-state index < -0.39 is 12.4 Å². The maximum atomic E-state index is 12.2. The number of benzene rings is 2. The predicted octanol–water partition coefficient (Wildman–Crippen LogP) is 5.31. The minimum atomic E-state index is -4.78. The molecule has 0 radical (unpaired) electrons. The zero-order valence-electron chi connectivity index (χ0n) is 17.6. The fourth-order valence-corrected chi connectivity index (χ4v) is 2.86. The lowest BCUT2D eigenvalue weighted by Crippen LogP contribution is -2.19. The lowest BCUT2D eigenvalue weighted by atomic mass is 10.3. The van der Waals surface area contributed by atoms with E-state index in [-0.39, 0.29) is 5.75 Å². The largest absolute Gasteiger partial charge is 0.573 e. The van der Waals surface area contributed by atoms with Crippen LogP contribution in [0.2, 0.25) is 0 Å². The fraction of sp³-hybridized carbons (Fsp3) is 0.0909. The Morgan fingerprint density at radius 1 is 0.941 bits per heavy atom. The number of halogens is 3. The number of carbonyl (C=O) groups is 1. The van der Waals surface area contributed by atoms with Gasteiger partial charge in [-0.2, -0.15) is 4.98 Å². The second-order valence-corrected chi connectivity index (χ2v) is 6.86.